The number of ether oxygens (including phenoxy) is 2. The molecule has 4 nitrogen and oxygen atoms in total. The summed E-state index contributed by atoms with van der Waals surface area (Å²) >= 11 is 0. The second kappa shape index (κ2) is 8.27. The Hall–Kier alpha value is -2.82. The largest absolute Gasteiger partial charge is 0.493 e. The van der Waals surface area contributed by atoms with Crippen LogP contribution in [0.3, 0.4) is 0 Å². The van der Waals surface area contributed by atoms with E-state index in [0.29, 0.717) is 17.9 Å². The van der Waals surface area contributed by atoms with Crippen LogP contribution in [0.4, 0.5) is 4.39 Å². The Labute approximate surface area is 170 Å². The van der Waals surface area contributed by atoms with Crippen molar-refractivity contribution < 1.29 is 18.7 Å². The van der Waals surface area contributed by atoms with Gasteiger partial charge in [0.25, 0.3) is 0 Å². The zero-order valence-corrected chi connectivity index (χ0v) is 16.9. The standard InChI is InChI=1S/C24H26FNO3/c1-28-22-12-18-16-8-4-5-9-17(16)20(19(18)13-23(22)29-2)14-26-24(27)11-15-7-3-6-10-21(15)25/h3,6-7,10,12-13,20H,4-5,8-9,11,14H2,1-2H3,(H,26,27). The molecule has 29 heavy (non-hydrogen) atoms. The molecule has 2 aliphatic carbocycles. The highest BCUT2D eigenvalue weighted by atomic mass is 19.1. The van der Waals surface area contributed by atoms with Gasteiger partial charge in [0, 0.05) is 12.5 Å². The summed E-state index contributed by atoms with van der Waals surface area (Å²) in [5, 5.41) is 3.03. The van der Waals surface area contributed by atoms with Crippen LogP contribution in [0, 0.1) is 5.82 Å². The normalized spacial score (nSPS) is 17.6. The van der Waals surface area contributed by atoms with Crippen molar-refractivity contribution in [1.82, 2.24) is 5.32 Å². The maximum atomic E-state index is 13.9. The molecule has 0 fully saturated rings. The third-order valence-electron chi connectivity index (χ3n) is 6.00. The van der Waals surface area contributed by atoms with Crippen molar-refractivity contribution in [3.05, 3.63) is 64.5 Å². The number of halogens is 1. The summed E-state index contributed by atoms with van der Waals surface area (Å²) in [7, 11) is 3.29. The van der Waals surface area contributed by atoms with Crippen molar-refractivity contribution in [2.45, 2.75) is 38.0 Å². The van der Waals surface area contributed by atoms with Gasteiger partial charge in [-0.2, -0.15) is 0 Å². The lowest BCUT2D eigenvalue weighted by Crippen LogP contribution is -2.30. The van der Waals surface area contributed by atoms with Crippen LogP contribution in [0.1, 0.15) is 48.3 Å². The number of hydrogen-bond acceptors (Lipinski definition) is 3. The monoisotopic (exact) mass is 395 g/mol. The average molecular weight is 395 g/mol. The fourth-order valence-electron chi connectivity index (χ4n) is 4.58. The molecule has 2 aromatic carbocycles. The quantitative estimate of drug-likeness (QED) is 0.776. The van der Waals surface area contributed by atoms with Gasteiger partial charge in [0.15, 0.2) is 11.5 Å². The zero-order chi connectivity index (χ0) is 20.4. The van der Waals surface area contributed by atoms with Gasteiger partial charge in [-0.3, -0.25) is 4.79 Å². The Balaban J connectivity index is 1.56. The number of rotatable bonds is 6. The summed E-state index contributed by atoms with van der Waals surface area (Å²) in [6.45, 7) is 0.509. The molecular formula is C24H26FNO3. The number of carbonyl (C=O) groups is 1. The van der Waals surface area contributed by atoms with E-state index in [0.717, 1.165) is 18.6 Å². The highest BCUT2D eigenvalue weighted by Crippen LogP contribution is 2.51. The molecule has 0 heterocycles. The van der Waals surface area contributed by atoms with Gasteiger partial charge in [0.05, 0.1) is 20.6 Å². The lowest BCUT2D eigenvalue weighted by Gasteiger charge is -2.21. The lowest BCUT2D eigenvalue weighted by molar-refractivity contribution is -0.120. The number of nitrogens with one attached hydrogen (secondary N) is 1. The van der Waals surface area contributed by atoms with Crippen molar-refractivity contribution in [2.75, 3.05) is 20.8 Å². The summed E-state index contributed by atoms with van der Waals surface area (Å²) in [4.78, 5) is 12.5. The first-order valence-corrected chi connectivity index (χ1v) is 10.1. The molecule has 0 saturated carbocycles. The van der Waals surface area contributed by atoms with Crippen molar-refractivity contribution in [3.8, 4) is 11.5 Å². The van der Waals surface area contributed by atoms with E-state index >= 15 is 0 Å². The van der Waals surface area contributed by atoms with Crippen LogP contribution in [0.5, 0.6) is 11.5 Å². The van der Waals surface area contributed by atoms with Gasteiger partial charge in [-0.25, -0.2) is 4.39 Å². The Morgan fingerprint density at radius 2 is 1.83 bits per heavy atom. The van der Waals surface area contributed by atoms with E-state index in [1.165, 1.54) is 41.2 Å². The van der Waals surface area contributed by atoms with E-state index in [4.69, 9.17) is 9.47 Å². The Morgan fingerprint density at radius 3 is 2.59 bits per heavy atom. The minimum Gasteiger partial charge on any atom is -0.493 e. The molecule has 2 aliphatic rings. The Kier molecular flexibility index (Phi) is 5.56. The first kappa shape index (κ1) is 19.5. The van der Waals surface area contributed by atoms with Crippen molar-refractivity contribution in [1.29, 1.82) is 0 Å². The van der Waals surface area contributed by atoms with Crippen LogP contribution >= 0.6 is 0 Å². The van der Waals surface area contributed by atoms with Gasteiger partial charge in [0.2, 0.25) is 5.91 Å². The molecule has 1 unspecified atom stereocenters. The van der Waals surface area contributed by atoms with Crippen molar-refractivity contribution >= 4 is 11.5 Å². The predicted octanol–water partition coefficient (Wildman–Crippen LogP) is 4.63. The first-order valence-electron chi connectivity index (χ1n) is 10.1. The molecule has 4 rings (SSSR count). The summed E-state index contributed by atoms with van der Waals surface area (Å²) in [5.41, 5.74) is 5.61. The number of carbonyl (C=O) groups excluding carboxylic acids is 1. The molecule has 2 aromatic rings. The Bertz CT molecular complexity index is 967. The molecule has 1 amide bonds. The van der Waals surface area contributed by atoms with Gasteiger partial charge in [0.1, 0.15) is 5.82 Å². The highest BCUT2D eigenvalue weighted by molar-refractivity contribution is 5.82. The molecule has 1 atom stereocenters. The third-order valence-corrected chi connectivity index (χ3v) is 6.00. The predicted molar refractivity (Wildman–Crippen MR) is 111 cm³/mol. The van der Waals surface area contributed by atoms with E-state index in [-0.39, 0.29) is 24.1 Å². The summed E-state index contributed by atoms with van der Waals surface area (Å²) in [6.07, 6.45) is 4.49. The maximum Gasteiger partial charge on any atom is 0.224 e. The minimum absolute atomic E-state index is 0.0457. The van der Waals surface area contributed by atoms with E-state index < -0.39 is 0 Å². The van der Waals surface area contributed by atoms with Gasteiger partial charge in [-0.1, -0.05) is 23.8 Å². The van der Waals surface area contributed by atoms with Crippen molar-refractivity contribution in [2.24, 2.45) is 0 Å². The Morgan fingerprint density at radius 1 is 1.10 bits per heavy atom. The molecule has 0 saturated heterocycles. The number of hydrogen-bond donors (Lipinski definition) is 1. The highest BCUT2D eigenvalue weighted by Gasteiger charge is 2.34. The third kappa shape index (κ3) is 3.74. The maximum absolute atomic E-state index is 13.9. The van der Waals surface area contributed by atoms with Gasteiger partial charge in [-0.05, 0) is 66.1 Å². The molecule has 0 aliphatic heterocycles. The van der Waals surface area contributed by atoms with E-state index in [1.54, 1.807) is 32.4 Å². The summed E-state index contributed by atoms with van der Waals surface area (Å²) < 4.78 is 24.9. The molecule has 0 aromatic heterocycles. The topological polar surface area (TPSA) is 47.6 Å². The lowest BCUT2D eigenvalue weighted by atomic mass is 9.87. The number of amides is 1. The second-order valence-electron chi connectivity index (χ2n) is 7.63. The summed E-state index contributed by atoms with van der Waals surface area (Å²) in [6, 6.07) is 10.5. The first-order chi connectivity index (χ1) is 14.1. The number of benzene rings is 2. The molecule has 1 N–H and O–H groups in total. The molecular weight excluding hydrogens is 369 g/mol. The minimum atomic E-state index is -0.344. The van der Waals surface area contributed by atoms with E-state index in [9.17, 15) is 9.18 Å². The van der Waals surface area contributed by atoms with E-state index in [1.807, 2.05) is 6.07 Å². The molecule has 0 spiro atoms. The summed E-state index contributed by atoms with van der Waals surface area (Å²) in [5.74, 6) is 1.05. The van der Waals surface area contributed by atoms with Gasteiger partial charge < -0.3 is 14.8 Å². The van der Waals surface area contributed by atoms with Crippen LogP contribution in [0.25, 0.3) is 5.57 Å². The average Bonchev–Trinajstić information content (AvgIpc) is 3.05. The van der Waals surface area contributed by atoms with Crippen LogP contribution in [-0.2, 0) is 11.2 Å². The molecule has 0 radical (unpaired) electrons. The fraction of sp³-hybridized carbons (Fsp3) is 0.375. The number of fused-ring (bicyclic) bond motifs is 2. The second-order valence-corrected chi connectivity index (χ2v) is 7.63. The fourth-order valence-corrected chi connectivity index (χ4v) is 4.58. The van der Waals surface area contributed by atoms with Crippen LogP contribution in [0.15, 0.2) is 42.0 Å². The SMILES string of the molecule is COc1cc2c(cc1OC)C(CNC(=O)Cc1ccccc1F)C1=C2CCCC1. The van der Waals surface area contributed by atoms with E-state index in [2.05, 4.69) is 11.4 Å². The van der Waals surface area contributed by atoms with Gasteiger partial charge >= 0.3 is 0 Å². The van der Waals surface area contributed by atoms with Crippen LogP contribution in [0.2, 0.25) is 0 Å². The van der Waals surface area contributed by atoms with Crippen LogP contribution in [-0.4, -0.2) is 26.7 Å². The zero-order valence-electron chi connectivity index (χ0n) is 16.9. The molecule has 5 heteroatoms. The van der Waals surface area contributed by atoms with Crippen LogP contribution < -0.4 is 14.8 Å². The van der Waals surface area contributed by atoms with Crippen molar-refractivity contribution in [3.63, 3.8) is 0 Å². The smallest absolute Gasteiger partial charge is 0.224 e. The molecule has 152 valence electrons. The van der Waals surface area contributed by atoms with Gasteiger partial charge in [-0.15, -0.1) is 0 Å². The number of allylic oxidation sites excluding steroid dienone is 1. The number of methoxy groups -OCH3 is 2. The molecule has 0 bridgehead atoms.